The fourth-order valence-corrected chi connectivity index (χ4v) is 3.09. The molecule has 1 aromatic carbocycles. The smallest absolute Gasteiger partial charge is 0.340 e. The Morgan fingerprint density at radius 3 is 2.77 bits per heavy atom. The maximum Gasteiger partial charge on any atom is 0.340 e. The molecule has 0 unspecified atom stereocenters. The van der Waals surface area contributed by atoms with Gasteiger partial charge in [0.1, 0.15) is 10.8 Å². The number of aryl methyl sites for hydroxylation is 1. The van der Waals surface area contributed by atoms with Crippen LogP contribution in [0.5, 0.6) is 5.75 Å². The van der Waals surface area contributed by atoms with Crippen LogP contribution in [-0.4, -0.2) is 23.3 Å². The zero-order valence-corrected chi connectivity index (χ0v) is 13.8. The molecule has 1 aromatic heterocycles. The number of thiocarbonyl (C=S) groups is 1. The maximum absolute atomic E-state index is 11.8. The van der Waals surface area contributed by atoms with E-state index < -0.39 is 5.97 Å². The first-order valence-electron chi connectivity index (χ1n) is 6.61. The summed E-state index contributed by atoms with van der Waals surface area (Å²) in [7, 11) is 1.35. The number of esters is 1. The number of carbonyl (C=O) groups is 1. The summed E-state index contributed by atoms with van der Waals surface area (Å²) in [5, 5.41) is 16.4. The lowest BCUT2D eigenvalue weighted by Crippen LogP contribution is -2.19. The van der Waals surface area contributed by atoms with Gasteiger partial charge in [0.25, 0.3) is 0 Å². The van der Waals surface area contributed by atoms with Gasteiger partial charge in [-0.25, -0.2) is 4.79 Å². The third kappa shape index (κ3) is 3.96. The summed E-state index contributed by atoms with van der Waals surface area (Å²) in [6, 6.07) is 8.42. The van der Waals surface area contributed by atoms with Crippen LogP contribution >= 0.6 is 23.6 Å². The van der Waals surface area contributed by atoms with Crippen molar-refractivity contribution < 1.29 is 14.6 Å². The van der Waals surface area contributed by atoms with Crippen LogP contribution in [0.4, 0.5) is 10.7 Å². The van der Waals surface area contributed by atoms with Crippen molar-refractivity contribution in [1.82, 2.24) is 0 Å². The van der Waals surface area contributed by atoms with Gasteiger partial charge in [-0.15, -0.1) is 11.3 Å². The molecular formula is C15H16N2O3S2. The number of hydrogen-bond donors (Lipinski definition) is 3. The lowest BCUT2D eigenvalue weighted by atomic mass is 10.2. The van der Waals surface area contributed by atoms with Crippen molar-refractivity contribution in [3.8, 4) is 5.75 Å². The van der Waals surface area contributed by atoms with Gasteiger partial charge in [0.05, 0.1) is 12.7 Å². The number of ether oxygens (including phenoxy) is 1. The van der Waals surface area contributed by atoms with E-state index in [0.717, 1.165) is 11.3 Å². The highest BCUT2D eigenvalue weighted by molar-refractivity contribution is 7.80. The number of anilines is 2. The standard InChI is InChI=1S/C15H16N2O3S2/c1-3-11-8-12(14(19)20-2)13(22-11)17-15(21)16-9-5-4-6-10(18)7-9/h4-8,18H,3H2,1-2H3,(H2,16,17,21). The highest BCUT2D eigenvalue weighted by Crippen LogP contribution is 2.29. The number of carbonyl (C=O) groups excluding carboxylic acids is 1. The molecular weight excluding hydrogens is 320 g/mol. The van der Waals surface area contributed by atoms with Crippen molar-refractivity contribution in [3.05, 3.63) is 40.8 Å². The maximum atomic E-state index is 11.8. The minimum absolute atomic E-state index is 0.146. The third-order valence-electron chi connectivity index (χ3n) is 2.87. The van der Waals surface area contributed by atoms with Gasteiger partial charge in [-0.2, -0.15) is 0 Å². The largest absolute Gasteiger partial charge is 0.508 e. The van der Waals surface area contributed by atoms with Gasteiger partial charge in [0.15, 0.2) is 5.11 Å². The summed E-state index contributed by atoms with van der Waals surface area (Å²) >= 11 is 6.70. The summed E-state index contributed by atoms with van der Waals surface area (Å²) in [4.78, 5) is 12.9. The second-order valence-electron chi connectivity index (χ2n) is 4.43. The molecule has 116 valence electrons. The molecule has 0 aliphatic heterocycles. The molecule has 3 N–H and O–H groups in total. The van der Waals surface area contributed by atoms with E-state index in [1.807, 2.05) is 6.92 Å². The molecule has 2 aromatic rings. The highest BCUT2D eigenvalue weighted by atomic mass is 32.1. The number of thiophene rings is 1. The van der Waals surface area contributed by atoms with Crippen LogP contribution in [0.3, 0.4) is 0 Å². The minimum Gasteiger partial charge on any atom is -0.508 e. The van der Waals surface area contributed by atoms with E-state index in [4.69, 9.17) is 17.0 Å². The number of aromatic hydroxyl groups is 1. The fraction of sp³-hybridized carbons (Fsp3) is 0.200. The predicted octanol–water partition coefficient (Wildman–Crippen LogP) is 3.61. The van der Waals surface area contributed by atoms with Crippen LogP contribution in [0.1, 0.15) is 22.2 Å². The van der Waals surface area contributed by atoms with Crippen molar-refractivity contribution in [2.45, 2.75) is 13.3 Å². The number of rotatable bonds is 4. The van der Waals surface area contributed by atoms with E-state index in [2.05, 4.69) is 10.6 Å². The monoisotopic (exact) mass is 336 g/mol. The van der Waals surface area contributed by atoms with Gasteiger partial charge in [-0.05, 0) is 36.8 Å². The normalized spacial score (nSPS) is 10.1. The molecule has 0 fully saturated rings. The van der Waals surface area contributed by atoms with Crippen molar-refractivity contribution in [1.29, 1.82) is 0 Å². The average Bonchev–Trinajstić information content (AvgIpc) is 2.89. The van der Waals surface area contributed by atoms with Crippen molar-refractivity contribution in [2.75, 3.05) is 17.7 Å². The van der Waals surface area contributed by atoms with E-state index in [-0.39, 0.29) is 5.75 Å². The molecule has 22 heavy (non-hydrogen) atoms. The van der Waals surface area contributed by atoms with Crippen LogP contribution in [0.25, 0.3) is 0 Å². The lowest BCUT2D eigenvalue weighted by Gasteiger charge is -2.10. The van der Waals surface area contributed by atoms with Gasteiger partial charge in [0, 0.05) is 16.6 Å². The molecule has 7 heteroatoms. The quantitative estimate of drug-likeness (QED) is 0.585. The molecule has 0 saturated carbocycles. The van der Waals surface area contributed by atoms with Crippen LogP contribution < -0.4 is 10.6 Å². The highest BCUT2D eigenvalue weighted by Gasteiger charge is 2.17. The minimum atomic E-state index is -0.404. The molecule has 0 aliphatic rings. The SMILES string of the molecule is CCc1cc(C(=O)OC)c(NC(=S)Nc2cccc(O)c2)s1. The Bertz CT molecular complexity index is 698. The van der Waals surface area contributed by atoms with E-state index in [9.17, 15) is 9.90 Å². The van der Waals surface area contributed by atoms with Crippen LogP contribution in [0.2, 0.25) is 0 Å². The molecule has 5 nitrogen and oxygen atoms in total. The summed E-state index contributed by atoms with van der Waals surface area (Å²) in [5.74, 6) is -0.258. The van der Waals surface area contributed by atoms with Gasteiger partial charge in [-0.1, -0.05) is 13.0 Å². The first kappa shape index (κ1) is 16.3. The Morgan fingerprint density at radius 1 is 1.36 bits per heavy atom. The topological polar surface area (TPSA) is 70.6 Å². The Labute approximate surface area is 137 Å². The van der Waals surface area contributed by atoms with Crippen LogP contribution in [-0.2, 0) is 11.2 Å². The van der Waals surface area contributed by atoms with Crippen LogP contribution in [0, 0.1) is 0 Å². The van der Waals surface area contributed by atoms with Crippen LogP contribution in [0.15, 0.2) is 30.3 Å². The fourth-order valence-electron chi connectivity index (χ4n) is 1.82. The predicted molar refractivity (Wildman–Crippen MR) is 93.0 cm³/mol. The average molecular weight is 336 g/mol. The summed E-state index contributed by atoms with van der Waals surface area (Å²) in [6.45, 7) is 2.01. The molecule has 1 heterocycles. The molecule has 2 rings (SSSR count). The van der Waals surface area contributed by atoms with E-state index in [0.29, 0.717) is 21.4 Å². The van der Waals surface area contributed by atoms with Crippen molar-refractivity contribution in [2.24, 2.45) is 0 Å². The summed E-state index contributed by atoms with van der Waals surface area (Å²) in [6.07, 6.45) is 0.823. The van der Waals surface area contributed by atoms with E-state index in [1.165, 1.54) is 18.4 Å². The Balaban J connectivity index is 2.14. The van der Waals surface area contributed by atoms with Crippen molar-refractivity contribution >= 4 is 45.3 Å². The summed E-state index contributed by atoms with van der Waals surface area (Å²) < 4.78 is 4.78. The Hall–Kier alpha value is -2.12. The number of nitrogens with one attached hydrogen (secondary N) is 2. The zero-order valence-electron chi connectivity index (χ0n) is 12.2. The lowest BCUT2D eigenvalue weighted by molar-refractivity contribution is 0.0602. The molecule has 0 spiro atoms. The number of hydrogen-bond acceptors (Lipinski definition) is 5. The number of phenols is 1. The summed E-state index contributed by atoms with van der Waals surface area (Å²) in [5.41, 5.74) is 1.12. The molecule has 0 saturated heterocycles. The van der Waals surface area contributed by atoms with Gasteiger partial charge < -0.3 is 20.5 Å². The zero-order chi connectivity index (χ0) is 16.1. The van der Waals surface area contributed by atoms with Gasteiger partial charge in [0.2, 0.25) is 0 Å². The second kappa shape index (κ2) is 7.24. The van der Waals surface area contributed by atoms with Gasteiger partial charge in [-0.3, -0.25) is 0 Å². The molecule has 0 radical (unpaired) electrons. The number of phenolic OH excluding ortho intramolecular Hbond substituents is 1. The first-order valence-corrected chi connectivity index (χ1v) is 7.84. The number of methoxy groups -OCH3 is 1. The molecule has 0 amide bonds. The Kier molecular flexibility index (Phi) is 5.35. The molecule has 0 atom stereocenters. The molecule has 0 bridgehead atoms. The van der Waals surface area contributed by atoms with Crippen molar-refractivity contribution in [3.63, 3.8) is 0 Å². The Morgan fingerprint density at radius 2 is 2.14 bits per heavy atom. The molecule has 0 aliphatic carbocycles. The van der Waals surface area contributed by atoms with E-state index in [1.54, 1.807) is 30.3 Å². The third-order valence-corrected chi connectivity index (χ3v) is 4.27. The van der Waals surface area contributed by atoms with Gasteiger partial charge >= 0.3 is 5.97 Å². The second-order valence-corrected chi connectivity index (χ2v) is 5.98. The number of benzene rings is 1. The van der Waals surface area contributed by atoms with E-state index >= 15 is 0 Å². The first-order chi connectivity index (χ1) is 10.5.